The Morgan fingerprint density at radius 1 is 1.09 bits per heavy atom. The van der Waals surface area contributed by atoms with Gasteiger partial charge in [-0.2, -0.15) is 0 Å². The van der Waals surface area contributed by atoms with Gasteiger partial charge in [0.15, 0.2) is 0 Å². The van der Waals surface area contributed by atoms with E-state index in [1.54, 1.807) is 0 Å². The Hall–Kier alpha value is -0.135. The first-order valence-electron chi connectivity index (χ1n) is 3.26. The van der Waals surface area contributed by atoms with E-state index in [-0.39, 0.29) is 26.4 Å². The molecule has 0 bridgehead atoms. The maximum atomic E-state index is 8.72. The molecule has 6 heteroatoms. The van der Waals surface area contributed by atoms with Gasteiger partial charge < -0.3 is 25.0 Å². The molecule has 0 aromatic rings. The summed E-state index contributed by atoms with van der Waals surface area (Å²) in [6.45, 7) is -1.19. The summed E-state index contributed by atoms with van der Waals surface area (Å²) in [4.78, 5) is 0. The molecular formula is C5H13BO5. The van der Waals surface area contributed by atoms with Crippen molar-refractivity contribution in [3.63, 3.8) is 0 Å². The van der Waals surface area contributed by atoms with E-state index in [0.29, 0.717) is 0 Å². The summed E-state index contributed by atoms with van der Waals surface area (Å²) >= 11 is 0. The van der Waals surface area contributed by atoms with E-state index in [1.165, 1.54) is 0 Å². The second-order valence-electron chi connectivity index (χ2n) is 2.45. The fraction of sp³-hybridized carbons (Fsp3) is 1.00. The molecule has 0 aliphatic heterocycles. The van der Waals surface area contributed by atoms with E-state index >= 15 is 0 Å². The van der Waals surface area contributed by atoms with Crippen LogP contribution in [0.2, 0.25) is 0 Å². The smallest absolute Gasteiger partial charge is 0.430 e. The molecule has 5 nitrogen and oxygen atoms in total. The quantitative estimate of drug-likeness (QED) is 0.319. The van der Waals surface area contributed by atoms with Crippen LogP contribution in [-0.2, 0) is 4.65 Å². The topological polar surface area (TPSA) is 90.2 Å². The van der Waals surface area contributed by atoms with Crippen molar-refractivity contribution in [2.24, 2.45) is 5.41 Å². The molecule has 0 spiro atoms. The highest BCUT2D eigenvalue weighted by Crippen LogP contribution is 2.14. The normalized spacial score (nSPS) is 11.6. The van der Waals surface area contributed by atoms with Crippen LogP contribution in [0.15, 0.2) is 0 Å². The highest BCUT2D eigenvalue weighted by Gasteiger charge is 2.28. The van der Waals surface area contributed by atoms with Gasteiger partial charge in [0.1, 0.15) is 0 Å². The molecule has 0 rings (SSSR count). The zero-order valence-electron chi connectivity index (χ0n) is 6.23. The van der Waals surface area contributed by atoms with Crippen LogP contribution in [0.1, 0.15) is 0 Å². The van der Waals surface area contributed by atoms with Gasteiger partial charge in [-0.15, -0.1) is 0 Å². The lowest BCUT2D eigenvalue weighted by atomic mass is 9.92. The van der Waals surface area contributed by atoms with E-state index in [1.807, 2.05) is 0 Å². The third-order valence-electron chi connectivity index (χ3n) is 1.51. The van der Waals surface area contributed by atoms with Crippen LogP contribution in [-0.4, -0.2) is 54.5 Å². The lowest BCUT2D eigenvalue weighted by molar-refractivity contribution is -0.0281. The van der Waals surface area contributed by atoms with Crippen LogP contribution in [0.25, 0.3) is 0 Å². The van der Waals surface area contributed by atoms with Crippen LogP contribution >= 0.6 is 0 Å². The minimum Gasteiger partial charge on any atom is -0.430 e. The van der Waals surface area contributed by atoms with Crippen molar-refractivity contribution in [3.05, 3.63) is 0 Å². The Kier molecular flexibility index (Phi) is 5.44. The van der Waals surface area contributed by atoms with Gasteiger partial charge in [0.2, 0.25) is 0 Å². The van der Waals surface area contributed by atoms with Gasteiger partial charge >= 0.3 is 7.69 Å². The second kappa shape index (κ2) is 5.51. The number of rotatable bonds is 6. The third kappa shape index (κ3) is 3.17. The lowest BCUT2D eigenvalue weighted by Gasteiger charge is -2.26. The zero-order valence-corrected chi connectivity index (χ0v) is 6.23. The fourth-order valence-corrected chi connectivity index (χ4v) is 0.549. The molecule has 0 saturated heterocycles. The molecule has 0 aliphatic rings. The Balaban J connectivity index is 3.84. The summed E-state index contributed by atoms with van der Waals surface area (Å²) < 4.78 is 4.55. The molecule has 0 fully saturated rings. The summed E-state index contributed by atoms with van der Waals surface area (Å²) in [5.74, 6) is 0. The van der Waals surface area contributed by atoms with Gasteiger partial charge in [-0.1, -0.05) is 0 Å². The van der Waals surface area contributed by atoms with E-state index in [4.69, 9.17) is 20.3 Å². The third-order valence-corrected chi connectivity index (χ3v) is 1.51. The molecule has 0 amide bonds. The molecule has 11 heavy (non-hydrogen) atoms. The monoisotopic (exact) mass is 164 g/mol. The maximum absolute atomic E-state index is 8.72. The Morgan fingerprint density at radius 3 is 1.82 bits per heavy atom. The number of hydrogen-bond donors (Lipinski definition) is 4. The first kappa shape index (κ1) is 10.9. The van der Waals surface area contributed by atoms with Crippen molar-refractivity contribution < 1.29 is 25.0 Å². The van der Waals surface area contributed by atoms with E-state index in [9.17, 15) is 0 Å². The SMILES string of the molecule is OBOCC(CO)(CO)CO. The molecule has 4 N–H and O–H groups in total. The molecule has 0 saturated carbocycles. The molecular weight excluding hydrogens is 151 g/mol. The molecule has 0 unspecified atom stereocenters. The Bertz CT molecular complexity index is 86.6. The predicted octanol–water partition coefficient (Wildman–Crippen LogP) is -2.77. The average Bonchev–Trinajstić information content (AvgIpc) is 2.08. The van der Waals surface area contributed by atoms with Crippen molar-refractivity contribution >= 4 is 7.69 Å². The lowest BCUT2D eigenvalue weighted by Crippen LogP contribution is -2.39. The Morgan fingerprint density at radius 2 is 1.55 bits per heavy atom. The van der Waals surface area contributed by atoms with E-state index < -0.39 is 13.1 Å². The molecule has 0 aromatic heterocycles. The van der Waals surface area contributed by atoms with Gasteiger partial charge in [0.25, 0.3) is 0 Å². The minimum atomic E-state index is -1.04. The van der Waals surface area contributed by atoms with Crippen molar-refractivity contribution in [2.45, 2.75) is 0 Å². The highest BCUT2D eigenvalue weighted by molar-refractivity contribution is 6.15. The van der Waals surface area contributed by atoms with Gasteiger partial charge in [0.05, 0.1) is 25.2 Å². The largest absolute Gasteiger partial charge is 0.435 e. The molecule has 66 valence electrons. The van der Waals surface area contributed by atoms with Crippen LogP contribution < -0.4 is 0 Å². The number of aliphatic hydroxyl groups is 3. The maximum Gasteiger partial charge on any atom is 0.435 e. The van der Waals surface area contributed by atoms with Gasteiger partial charge in [-0.05, 0) is 0 Å². The van der Waals surface area contributed by atoms with Crippen molar-refractivity contribution in [3.8, 4) is 0 Å². The van der Waals surface area contributed by atoms with Crippen molar-refractivity contribution in [1.82, 2.24) is 0 Å². The molecule has 0 heterocycles. The highest BCUT2D eigenvalue weighted by atomic mass is 16.5. The minimum absolute atomic E-state index is 0.0625. The zero-order chi connectivity index (χ0) is 8.74. The van der Waals surface area contributed by atoms with Gasteiger partial charge in [-0.25, -0.2) is 0 Å². The molecule has 0 atom stereocenters. The summed E-state index contributed by atoms with van der Waals surface area (Å²) in [6.07, 6.45) is 0. The van der Waals surface area contributed by atoms with Gasteiger partial charge in [-0.3, -0.25) is 0 Å². The van der Waals surface area contributed by atoms with Crippen molar-refractivity contribution in [2.75, 3.05) is 26.4 Å². The summed E-state index contributed by atoms with van der Waals surface area (Å²) in [7, 11) is -0.484. The standard InChI is InChI=1S/C5H13BO5/c7-1-5(2-8,3-9)4-11-6-10/h6-10H,1-4H2. The Labute approximate surface area is 65.5 Å². The van der Waals surface area contributed by atoms with Gasteiger partial charge in [0, 0.05) is 6.61 Å². The molecule has 0 aliphatic carbocycles. The number of aliphatic hydroxyl groups excluding tert-OH is 3. The fourth-order valence-electron chi connectivity index (χ4n) is 0.549. The van der Waals surface area contributed by atoms with Crippen LogP contribution in [0.3, 0.4) is 0 Å². The van der Waals surface area contributed by atoms with E-state index in [2.05, 4.69) is 4.65 Å². The van der Waals surface area contributed by atoms with Crippen LogP contribution in [0.5, 0.6) is 0 Å². The van der Waals surface area contributed by atoms with Crippen LogP contribution in [0, 0.1) is 5.41 Å². The average molecular weight is 164 g/mol. The summed E-state index contributed by atoms with van der Waals surface area (Å²) in [5, 5.41) is 34.4. The number of hydrogen-bond acceptors (Lipinski definition) is 5. The second-order valence-corrected chi connectivity index (χ2v) is 2.45. The predicted molar refractivity (Wildman–Crippen MR) is 39.0 cm³/mol. The van der Waals surface area contributed by atoms with E-state index in [0.717, 1.165) is 0 Å². The summed E-state index contributed by atoms with van der Waals surface area (Å²) in [6, 6.07) is 0. The first-order chi connectivity index (χ1) is 5.24. The van der Waals surface area contributed by atoms with Crippen molar-refractivity contribution in [1.29, 1.82) is 0 Å². The molecule has 0 aromatic carbocycles. The first-order valence-corrected chi connectivity index (χ1v) is 3.26. The van der Waals surface area contributed by atoms with Crippen LogP contribution in [0.4, 0.5) is 0 Å². The summed E-state index contributed by atoms with van der Waals surface area (Å²) in [5.41, 5.74) is -1.04. The molecule has 0 radical (unpaired) electrons.